The second-order valence-corrected chi connectivity index (χ2v) is 5.21. The van der Waals surface area contributed by atoms with Gasteiger partial charge in [-0.15, -0.1) is 24.2 Å². The Balaban J connectivity index is 0.00000200. The third-order valence-electron chi connectivity index (χ3n) is 2.72. The summed E-state index contributed by atoms with van der Waals surface area (Å²) in [5.74, 6) is 1.59. The van der Waals surface area contributed by atoms with Gasteiger partial charge in [-0.2, -0.15) is 0 Å². The Hall–Kier alpha value is -1.44. The average molecular weight is 317 g/mol. The third kappa shape index (κ3) is 4.92. The molecular weight excluding hydrogens is 300 g/mol. The van der Waals surface area contributed by atoms with Crippen LogP contribution in [0.5, 0.6) is 0 Å². The van der Waals surface area contributed by atoms with E-state index in [1.54, 1.807) is 23.9 Å². The molecule has 1 aliphatic heterocycles. The molecule has 3 amide bonds. The van der Waals surface area contributed by atoms with E-state index in [2.05, 4.69) is 16.0 Å². The maximum Gasteiger partial charge on any atom is 0.312 e. The fourth-order valence-electron chi connectivity index (χ4n) is 1.69. The minimum absolute atomic E-state index is 0. The van der Waals surface area contributed by atoms with Gasteiger partial charge >= 0.3 is 6.03 Å². The number of anilines is 1. The number of benzene rings is 1. The number of thioether (sulfide) groups is 1. The Morgan fingerprint density at radius 1 is 1.35 bits per heavy atom. The van der Waals surface area contributed by atoms with E-state index in [1.165, 1.54) is 0 Å². The van der Waals surface area contributed by atoms with Crippen LogP contribution >= 0.6 is 24.2 Å². The number of nitrogens with one attached hydrogen (secondary N) is 3. The van der Waals surface area contributed by atoms with E-state index < -0.39 is 6.03 Å². The van der Waals surface area contributed by atoms with E-state index in [0.717, 1.165) is 22.9 Å². The zero-order valence-corrected chi connectivity index (χ0v) is 12.4. The maximum absolute atomic E-state index is 11.9. The van der Waals surface area contributed by atoms with Crippen molar-refractivity contribution in [1.29, 1.82) is 0 Å². The number of hydrogen-bond acceptors (Lipinski definition) is 4. The van der Waals surface area contributed by atoms with Gasteiger partial charge in [-0.1, -0.05) is 12.1 Å². The van der Waals surface area contributed by atoms with Crippen LogP contribution in [0.15, 0.2) is 24.3 Å². The van der Waals surface area contributed by atoms with Gasteiger partial charge in [0.2, 0.25) is 5.91 Å². The first-order chi connectivity index (χ1) is 9.15. The quantitative estimate of drug-likeness (QED) is 0.663. The molecule has 5 N–H and O–H groups in total. The van der Waals surface area contributed by atoms with Gasteiger partial charge in [0.05, 0.1) is 6.04 Å². The van der Waals surface area contributed by atoms with Crippen molar-refractivity contribution in [3.8, 4) is 0 Å². The maximum atomic E-state index is 11.9. The minimum atomic E-state index is -0.554. The van der Waals surface area contributed by atoms with Crippen molar-refractivity contribution in [1.82, 2.24) is 10.6 Å². The molecule has 110 valence electrons. The van der Waals surface area contributed by atoms with Crippen LogP contribution in [0.25, 0.3) is 0 Å². The van der Waals surface area contributed by atoms with Crippen molar-refractivity contribution < 1.29 is 9.59 Å². The summed E-state index contributed by atoms with van der Waals surface area (Å²) < 4.78 is 0. The lowest BCUT2D eigenvalue weighted by Gasteiger charge is -2.11. The Labute approximate surface area is 127 Å². The standard InChI is InChI=1S/C12H16N4O2S.ClH/c13-12(18)14-5-8-1-3-9(4-2-8)16-11(17)10-6-19-7-15-10;/h1-4,10,15H,5-7H2,(H,16,17)(H3,13,14,18);1H. The SMILES string of the molecule is Cl.NC(=O)NCc1ccc(NC(=O)C2CSCN2)cc1. The highest BCUT2D eigenvalue weighted by Gasteiger charge is 2.22. The molecule has 1 aromatic carbocycles. The Morgan fingerprint density at radius 3 is 2.60 bits per heavy atom. The number of nitrogens with two attached hydrogens (primary N) is 1. The smallest absolute Gasteiger partial charge is 0.312 e. The average Bonchev–Trinajstić information content (AvgIpc) is 2.92. The monoisotopic (exact) mass is 316 g/mol. The molecule has 1 fully saturated rings. The molecule has 0 radical (unpaired) electrons. The molecule has 8 heteroatoms. The summed E-state index contributed by atoms with van der Waals surface area (Å²) >= 11 is 1.71. The molecular formula is C12H17ClN4O2S. The number of amides is 3. The highest BCUT2D eigenvalue weighted by molar-refractivity contribution is 7.99. The third-order valence-corrected chi connectivity index (χ3v) is 3.66. The predicted octanol–water partition coefficient (Wildman–Crippen LogP) is 0.878. The van der Waals surface area contributed by atoms with Crippen LogP contribution in [-0.4, -0.2) is 29.6 Å². The van der Waals surface area contributed by atoms with Crippen molar-refractivity contribution in [2.45, 2.75) is 12.6 Å². The Bertz CT molecular complexity index is 463. The van der Waals surface area contributed by atoms with Gasteiger partial charge in [-0.05, 0) is 17.7 Å². The fourth-order valence-corrected chi connectivity index (χ4v) is 2.63. The van der Waals surface area contributed by atoms with E-state index in [1.807, 2.05) is 12.1 Å². The number of rotatable bonds is 4. The van der Waals surface area contributed by atoms with Crippen molar-refractivity contribution in [3.63, 3.8) is 0 Å². The van der Waals surface area contributed by atoms with Gasteiger partial charge in [-0.3, -0.25) is 10.1 Å². The Morgan fingerprint density at radius 2 is 2.05 bits per heavy atom. The lowest BCUT2D eigenvalue weighted by molar-refractivity contribution is -0.117. The second-order valence-electron chi connectivity index (χ2n) is 4.18. The van der Waals surface area contributed by atoms with Crippen LogP contribution in [0.4, 0.5) is 10.5 Å². The molecule has 2 rings (SSSR count). The number of carbonyl (C=O) groups is 2. The first-order valence-corrected chi connectivity index (χ1v) is 7.05. The van der Waals surface area contributed by atoms with Gasteiger partial charge in [0.25, 0.3) is 0 Å². The van der Waals surface area contributed by atoms with Crippen molar-refractivity contribution in [3.05, 3.63) is 29.8 Å². The van der Waals surface area contributed by atoms with Crippen LogP contribution in [0.2, 0.25) is 0 Å². The lowest BCUT2D eigenvalue weighted by atomic mass is 10.2. The number of carbonyl (C=O) groups excluding carboxylic acids is 2. The zero-order valence-electron chi connectivity index (χ0n) is 10.7. The van der Waals surface area contributed by atoms with Crippen LogP contribution < -0.4 is 21.7 Å². The van der Waals surface area contributed by atoms with Gasteiger partial charge in [0.1, 0.15) is 0 Å². The van der Waals surface area contributed by atoms with E-state index in [4.69, 9.17) is 5.73 Å². The summed E-state index contributed by atoms with van der Waals surface area (Å²) in [6.45, 7) is 0.379. The molecule has 0 bridgehead atoms. The zero-order chi connectivity index (χ0) is 13.7. The van der Waals surface area contributed by atoms with E-state index >= 15 is 0 Å². The number of hydrogen-bond donors (Lipinski definition) is 4. The van der Waals surface area contributed by atoms with Gasteiger partial charge in [0.15, 0.2) is 0 Å². The molecule has 0 spiro atoms. The summed E-state index contributed by atoms with van der Waals surface area (Å²) in [4.78, 5) is 22.4. The molecule has 0 saturated carbocycles. The molecule has 0 aromatic heterocycles. The molecule has 0 aliphatic carbocycles. The number of primary amides is 1. The van der Waals surface area contributed by atoms with Gasteiger partial charge < -0.3 is 16.4 Å². The largest absolute Gasteiger partial charge is 0.352 e. The van der Waals surface area contributed by atoms with E-state index in [-0.39, 0.29) is 24.4 Å². The van der Waals surface area contributed by atoms with Crippen molar-refractivity contribution >= 4 is 41.8 Å². The van der Waals surface area contributed by atoms with Gasteiger partial charge in [-0.25, -0.2) is 4.79 Å². The molecule has 1 aromatic rings. The van der Waals surface area contributed by atoms with E-state index in [0.29, 0.717) is 6.54 Å². The highest BCUT2D eigenvalue weighted by Crippen LogP contribution is 2.13. The lowest BCUT2D eigenvalue weighted by Crippen LogP contribution is -2.37. The summed E-state index contributed by atoms with van der Waals surface area (Å²) in [6, 6.07) is 6.60. The topological polar surface area (TPSA) is 96.2 Å². The second kappa shape index (κ2) is 7.98. The minimum Gasteiger partial charge on any atom is -0.352 e. The van der Waals surface area contributed by atoms with Crippen molar-refractivity contribution in [2.75, 3.05) is 16.9 Å². The first-order valence-electron chi connectivity index (χ1n) is 5.89. The van der Waals surface area contributed by atoms with Crippen molar-refractivity contribution in [2.24, 2.45) is 5.73 Å². The summed E-state index contributed by atoms with van der Waals surface area (Å²) in [5.41, 5.74) is 6.65. The molecule has 6 nitrogen and oxygen atoms in total. The van der Waals surface area contributed by atoms with E-state index in [9.17, 15) is 9.59 Å². The summed E-state index contributed by atoms with van der Waals surface area (Å²) in [7, 11) is 0. The number of urea groups is 1. The molecule has 1 atom stereocenters. The predicted molar refractivity (Wildman–Crippen MR) is 83.0 cm³/mol. The summed E-state index contributed by atoms with van der Waals surface area (Å²) in [6.07, 6.45) is 0. The van der Waals surface area contributed by atoms with Crippen LogP contribution in [0.3, 0.4) is 0 Å². The molecule has 1 saturated heterocycles. The fraction of sp³-hybridized carbons (Fsp3) is 0.333. The molecule has 20 heavy (non-hydrogen) atoms. The summed E-state index contributed by atoms with van der Waals surface area (Å²) in [5, 5.41) is 8.46. The molecule has 1 heterocycles. The van der Waals surface area contributed by atoms with Crippen LogP contribution in [-0.2, 0) is 11.3 Å². The van der Waals surface area contributed by atoms with Gasteiger partial charge in [0, 0.05) is 23.9 Å². The first kappa shape index (κ1) is 16.6. The van der Waals surface area contributed by atoms with Crippen LogP contribution in [0, 0.1) is 0 Å². The molecule has 1 aliphatic rings. The highest BCUT2D eigenvalue weighted by atomic mass is 35.5. The Kier molecular flexibility index (Phi) is 6.63. The molecule has 1 unspecified atom stereocenters. The van der Waals surface area contributed by atoms with Crippen LogP contribution in [0.1, 0.15) is 5.56 Å². The normalized spacial score (nSPS) is 17.1. The number of halogens is 1.